The maximum Gasteiger partial charge on any atom is 0.307 e. The number of aliphatic carboxylic acids is 1. The van der Waals surface area contributed by atoms with Gasteiger partial charge in [-0.25, -0.2) is 4.39 Å². The van der Waals surface area contributed by atoms with Crippen molar-refractivity contribution in [1.29, 1.82) is 0 Å². The number of hydrogen-bond acceptors (Lipinski definition) is 4. The van der Waals surface area contributed by atoms with Crippen LogP contribution in [0, 0.1) is 11.7 Å². The summed E-state index contributed by atoms with van der Waals surface area (Å²) in [6.45, 7) is 1.86. The summed E-state index contributed by atoms with van der Waals surface area (Å²) < 4.78 is 18.8. The normalized spacial score (nSPS) is 17.4. The molecular formula is C17H24ClFN2O4. The molecule has 1 fully saturated rings. The molecule has 8 heteroatoms. The van der Waals surface area contributed by atoms with Crippen molar-refractivity contribution in [2.24, 2.45) is 5.92 Å². The van der Waals surface area contributed by atoms with E-state index in [4.69, 9.17) is 9.84 Å². The number of amides is 1. The molecule has 0 radical (unpaired) electrons. The third kappa shape index (κ3) is 6.51. The molecule has 0 bridgehead atoms. The molecule has 0 saturated carbocycles. The molecule has 1 aromatic carbocycles. The molecule has 1 saturated heterocycles. The van der Waals surface area contributed by atoms with Gasteiger partial charge in [0.2, 0.25) is 5.91 Å². The minimum Gasteiger partial charge on any atom is -0.489 e. The number of piperidine rings is 1. The number of carbonyl (C=O) groups excluding carboxylic acids is 1. The first kappa shape index (κ1) is 21.2. The fraction of sp³-hybridized carbons (Fsp3) is 0.529. The van der Waals surface area contributed by atoms with Crippen molar-refractivity contribution in [2.45, 2.75) is 12.8 Å². The van der Waals surface area contributed by atoms with Gasteiger partial charge in [0.15, 0.2) is 11.6 Å². The van der Waals surface area contributed by atoms with Gasteiger partial charge in [-0.05, 0) is 31.5 Å². The van der Waals surface area contributed by atoms with Gasteiger partial charge in [0.05, 0.1) is 19.0 Å². The summed E-state index contributed by atoms with van der Waals surface area (Å²) in [4.78, 5) is 26.7. The molecule has 1 atom stereocenters. The lowest BCUT2D eigenvalue weighted by Gasteiger charge is -2.31. The second-order valence-corrected chi connectivity index (χ2v) is 6.01. The van der Waals surface area contributed by atoms with Crippen LogP contribution in [0.2, 0.25) is 0 Å². The van der Waals surface area contributed by atoms with Gasteiger partial charge in [0.25, 0.3) is 0 Å². The number of para-hydroxylation sites is 1. The number of likely N-dealkylation sites (tertiary alicyclic amines) is 1. The molecule has 0 spiro atoms. The Morgan fingerprint density at radius 3 is 2.80 bits per heavy atom. The van der Waals surface area contributed by atoms with E-state index in [1.807, 2.05) is 4.90 Å². The predicted molar refractivity (Wildman–Crippen MR) is 93.6 cm³/mol. The van der Waals surface area contributed by atoms with E-state index in [0.717, 1.165) is 13.0 Å². The number of halogens is 2. The standard InChI is InChI=1S/C17H23FN2O4.ClH/c1-19(9-10-24-15-7-3-2-6-14(15)18)16(21)12-20-8-4-5-13(11-20)17(22)23;/h2-3,6-7,13H,4-5,8-12H2,1H3,(H,22,23);1H. The molecule has 1 aromatic rings. The highest BCUT2D eigenvalue weighted by Crippen LogP contribution is 2.17. The Balaban J connectivity index is 0.00000312. The fourth-order valence-electron chi connectivity index (χ4n) is 2.69. The summed E-state index contributed by atoms with van der Waals surface area (Å²) in [6.07, 6.45) is 1.44. The van der Waals surface area contributed by atoms with E-state index >= 15 is 0 Å². The van der Waals surface area contributed by atoms with Crippen LogP contribution < -0.4 is 4.74 Å². The lowest BCUT2D eigenvalue weighted by Crippen LogP contribution is -2.45. The first-order valence-corrected chi connectivity index (χ1v) is 8.04. The Kier molecular flexibility index (Phi) is 8.65. The molecule has 1 amide bonds. The number of nitrogens with zero attached hydrogens (tertiary/aromatic N) is 2. The van der Waals surface area contributed by atoms with Gasteiger partial charge in [-0.15, -0.1) is 12.4 Å². The number of carboxylic acid groups (broad SMARTS) is 1. The van der Waals surface area contributed by atoms with Crippen LogP contribution in [0.5, 0.6) is 5.75 Å². The topological polar surface area (TPSA) is 70.1 Å². The van der Waals surface area contributed by atoms with Gasteiger partial charge < -0.3 is 14.7 Å². The molecule has 0 aliphatic carbocycles. The van der Waals surface area contributed by atoms with Gasteiger partial charge in [-0.2, -0.15) is 0 Å². The van der Waals surface area contributed by atoms with Gasteiger partial charge in [0, 0.05) is 13.6 Å². The monoisotopic (exact) mass is 374 g/mol. The SMILES string of the molecule is CN(CCOc1ccccc1F)C(=O)CN1CCCC(C(=O)O)C1.Cl. The van der Waals surface area contributed by atoms with Crippen LogP contribution in [0.3, 0.4) is 0 Å². The Hall–Kier alpha value is -1.86. The zero-order valence-electron chi connectivity index (χ0n) is 14.2. The van der Waals surface area contributed by atoms with E-state index in [1.165, 1.54) is 17.0 Å². The lowest BCUT2D eigenvalue weighted by atomic mass is 9.98. The first-order chi connectivity index (χ1) is 11.5. The Labute approximate surface area is 153 Å². The van der Waals surface area contributed by atoms with Crippen LogP contribution in [0.1, 0.15) is 12.8 Å². The average molecular weight is 375 g/mol. The summed E-state index contributed by atoms with van der Waals surface area (Å²) in [5, 5.41) is 9.08. The van der Waals surface area contributed by atoms with E-state index in [1.54, 1.807) is 19.2 Å². The van der Waals surface area contributed by atoms with Gasteiger partial charge >= 0.3 is 5.97 Å². The van der Waals surface area contributed by atoms with E-state index < -0.39 is 17.7 Å². The van der Waals surface area contributed by atoms with Gasteiger partial charge in [0.1, 0.15) is 6.61 Å². The summed E-state index contributed by atoms with van der Waals surface area (Å²) >= 11 is 0. The van der Waals surface area contributed by atoms with Crippen LogP contribution >= 0.6 is 12.4 Å². The lowest BCUT2D eigenvalue weighted by molar-refractivity contribution is -0.144. The minimum atomic E-state index is -0.807. The van der Waals surface area contributed by atoms with Crippen molar-refractivity contribution in [3.8, 4) is 5.75 Å². The zero-order chi connectivity index (χ0) is 17.5. The quantitative estimate of drug-likeness (QED) is 0.789. The maximum atomic E-state index is 13.4. The summed E-state index contributed by atoms with van der Waals surface area (Å²) in [5.41, 5.74) is 0. The smallest absolute Gasteiger partial charge is 0.307 e. The van der Waals surface area contributed by atoms with Crippen molar-refractivity contribution >= 4 is 24.3 Å². The van der Waals surface area contributed by atoms with Crippen molar-refractivity contribution < 1.29 is 23.8 Å². The molecule has 1 N–H and O–H groups in total. The molecule has 1 unspecified atom stereocenters. The van der Waals surface area contributed by atoms with Crippen molar-refractivity contribution in [1.82, 2.24) is 9.80 Å². The van der Waals surface area contributed by atoms with Crippen molar-refractivity contribution in [2.75, 3.05) is 39.8 Å². The Morgan fingerprint density at radius 2 is 2.12 bits per heavy atom. The molecule has 1 heterocycles. The third-order valence-electron chi connectivity index (χ3n) is 4.16. The second-order valence-electron chi connectivity index (χ2n) is 6.01. The average Bonchev–Trinajstić information content (AvgIpc) is 2.56. The van der Waals surface area contributed by atoms with E-state index in [9.17, 15) is 14.0 Å². The summed E-state index contributed by atoms with van der Waals surface area (Å²) in [6, 6.07) is 6.12. The van der Waals surface area contributed by atoms with Crippen molar-refractivity contribution in [3.63, 3.8) is 0 Å². The minimum absolute atomic E-state index is 0. The summed E-state index contributed by atoms with van der Waals surface area (Å²) in [5.74, 6) is -1.57. The highest BCUT2D eigenvalue weighted by Gasteiger charge is 2.26. The molecule has 0 aromatic heterocycles. The molecule has 2 rings (SSSR count). The molecule has 6 nitrogen and oxygen atoms in total. The molecule has 1 aliphatic rings. The van der Waals surface area contributed by atoms with Gasteiger partial charge in [-0.1, -0.05) is 12.1 Å². The molecule has 25 heavy (non-hydrogen) atoms. The molecule has 140 valence electrons. The summed E-state index contributed by atoms with van der Waals surface area (Å²) in [7, 11) is 1.66. The van der Waals surface area contributed by atoms with Crippen LogP contribution in [0.25, 0.3) is 0 Å². The molecule has 1 aliphatic heterocycles. The van der Waals surface area contributed by atoms with Crippen LogP contribution in [-0.4, -0.2) is 66.6 Å². The van der Waals surface area contributed by atoms with E-state index in [0.29, 0.717) is 19.5 Å². The second kappa shape index (κ2) is 10.2. The van der Waals surface area contributed by atoms with Gasteiger partial charge in [-0.3, -0.25) is 14.5 Å². The molecular weight excluding hydrogens is 351 g/mol. The van der Waals surface area contributed by atoms with Crippen molar-refractivity contribution in [3.05, 3.63) is 30.1 Å². The number of likely N-dealkylation sites (N-methyl/N-ethyl adjacent to an activating group) is 1. The Bertz CT molecular complexity index is 588. The number of benzene rings is 1. The van der Waals surface area contributed by atoms with Crippen LogP contribution in [0.15, 0.2) is 24.3 Å². The number of ether oxygens (including phenoxy) is 1. The van der Waals surface area contributed by atoms with E-state index in [2.05, 4.69) is 0 Å². The van der Waals surface area contributed by atoms with Crippen LogP contribution in [0.4, 0.5) is 4.39 Å². The van der Waals surface area contributed by atoms with E-state index in [-0.39, 0.29) is 37.2 Å². The number of carboxylic acids is 1. The Morgan fingerprint density at radius 1 is 1.40 bits per heavy atom. The first-order valence-electron chi connectivity index (χ1n) is 8.04. The highest BCUT2D eigenvalue weighted by atomic mass is 35.5. The predicted octanol–water partition coefficient (Wildman–Crippen LogP) is 1.88. The largest absolute Gasteiger partial charge is 0.489 e. The number of rotatable bonds is 7. The highest BCUT2D eigenvalue weighted by molar-refractivity contribution is 5.85. The third-order valence-corrected chi connectivity index (χ3v) is 4.16. The maximum absolute atomic E-state index is 13.4. The van der Waals surface area contributed by atoms with Crippen LogP contribution in [-0.2, 0) is 9.59 Å². The number of carbonyl (C=O) groups is 2. The zero-order valence-corrected chi connectivity index (χ0v) is 15.0. The number of hydrogen-bond donors (Lipinski definition) is 1. The fourth-order valence-corrected chi connectivity index (χ4v) is 2.69.